The maximum atomic E-state index is 6.40. The topological polar surface area (TPSA) is 34.0 Å². The van der Waals surface area contributed by atoms with Gasteiger partial charge < -0.3 is 4.90 Å². The number of halogens is 2. The van der Waals surface area contributed by atoms with Crippen molar-refractivity contribution >= 4 is 39.9 Å². The lowest BCUT2D eigenvalue weighted by Gasteiger charge is -2.22. The van der Waals surface area contributed by atoms with Gasteiger partial charge in [0.15, 0.2) is 5.65 Å². The third-order valence-electron chi connectivity index (χ3n) is 4.47. The van der Waals surface area contributed by atoms with Crippen LogP contribution in [0.3, 0.4) is 0 Å². The van der Waals surface area contributed by atoms with Crippen LogP contribution in [-0.4, -0.2) is 27.1 Å². The number of fused-ring (bicyclic) bond motifs is 1. The minimum atomic E-state index is 0.490. The summed E-state index contributed by atoms with van der Waals surface area (Å²) < 4.78 is 2.04. The molecule has 0 unspecified atom stereocenters. The number of anilines is 1. The number of nitrogens with zero attached hydrogens (tertiary/aromatic N) is 4. The highest BCUT2D eigenvalue weighted by molar-refractivity contribution is 6.35. The second-order valence-corrected chi connectivity index (χ2v) is 6.71. The molecule has 23 heavy (non-hydrogen) atoms. The number of rotatable bonds is 2. The molecule has 0 bridgehead atoms. The van der Waals surface area contributed by atoms with Crippen LogP contribution in [0.2, 0.25) is 10.2 Å². The summed E-state index contributed by atoms with van der Waals surface area (Å²) in [6.45, 7) is 3.27. The van der Waals surface area contributed by atoms with Crippen LogP contribution in [0.15, 0.2) is 36.8 Å². The molecule has 1 saturated heterocycles. The van der Waals surface area contributed by atoms with Gasteiger partial charge in [0.1, 0.15) is 11.5 Å². The van der Waals surface area contributed by atoms with Gasteiger partial charge in [0.2, 0.25) is 0 Å². The van der Waals surface area contributed by atoms with Crippen LogP contribution >= 0.6 is 23.2 Å². The summed E-state index contributed by atoms with van der Waals surface area (Å²) in [4.78, 5) is 11.0. The maximum Gasteiger partial charge on any atom is 0.151 e. The molecule has 0 radical (unpaired) electrons. The van der Waals surface area contributed by atoms with E-state index < -0.39 is 0 Å². The summed E-state index contributed by atoms with van der Waals surface area (Å²) in [5.74, 6) is 0. The lowest BCUT2D eigenvalue weighted by atomic mass is 10.2. The summed E-state index contributed by atoms with van der Waals surface area (Å²) in [6, 6.07) is 8.23. The fourth-order valence-corrected chi connectivity index (χ4v) is 3.75. The molecule has 1 aliphatic heterocycles. The van der Waals surface area contributed by atoms with Gasteiger partial charge in [0.05, 0.1) is 11.1 Å². The molecule has 0 aliphatic carbocycles. The van der Waals surface area contributed by atoms with Crippen LogP contribution in [0.4, 0.5) is 5.69 Å². The first-order valence-electron chi connectivity index (χ1n) is 7.69. The second-order valence-electron chi connectivity index (χ2n) is 5.91. The molecular formula is C17H16Cl2N4. The van der Waals surface area contributed by atoms with E-state index in [0.717, 1.165) is 29.0 Å². The number of aromatic nitrogens is 3. The molecule has 1 fully saturated rings. The second kappa shape index (κ2) is 5.69. The molecule has 0 saturated carbocycles. The molecule has 1 atom stereocenters. The average Bonchev–Trinajstić information content (AvgIpc) is 3.11. The van der Waals surface area contributed by atoms with E-state index in [0.29, 0.717) is 16.2 Å². The first kappa shape index (κ1) is 14.8. The highest BCUT2D eigenvalue weighted by atomic mass is 35.5. The van der Waals surface area contributed by atoms with Gasteiger partial charge in [-0.15, -0.1) is 0 Å². The standard InChI is InChI=1S/C17H16Cl2N4/c1-11-4-3-7-22(11)14-9-23(13-6-2-5-12(18)8-13)17-15(14)16(19)20-10-21-17/h2,5-6,8-11H,3-4,7H2,1H3/t11-/m0/s1. The van der Waals surface area contributed by atoms with Crippen molar-refractivity contribution in [1.82, 2.24) is 14.5 Å². The lowest BCUT2D eigenvalue weighted by Crippen LogP contribution is -2.26. The smallest absolute Gasteiger partial charge is 0.151 e. The van der Waals surface area contributed by atoms with E-state index in [9.17, 15) is 0 Å². The van der Waals surface area contributed by atoms with E-state index in [1.807, 2.05) is 28.8 Å². The Bertz CT molecular complexity index is 874. The summed E-state index contributed by atoms with van der Waals surface area (Å²) in [7, 11) is 0. The van der Waals surface area contributed by atoms with Crippen LogP contribution in [0.25, 0.3) is 16.7 Å². The first-order valence-corrected chi connectivity index (χ1v) is 8.45. The Labute approximate surface area is 144 Å². The molecule has 3 aromatic rings. The molecule has 0 N–H and O–H groups in total. The Balaban J connectivity index is 1.97. The Morgan fingerprint density at radius 2 is 2.09 bits per heavy atom. The van der Waals surface area contributed by atoms with Crippen LogP contribution in [0, 0.1) is 0 Å². The molecule has 2 aromatic heterocycles. The van der Waals surface area contributed by atoms with Crippen LogP contribution in [0.5, 0.6) is 0 Å². The van der Waals surface area contributed by atoms with Crippen LogP contribution in [-0.2, 0) is 0 Å². The quantitative estimate of drug-likeness (QED) is 0.629. The minimum Gasteiger partial charge on any atom is -0.367 e. The summed E-state index contributed by atoms with van der Waals surface area (Å²) in [5.41, 5.74) is 2.87. The predicted molar refractivity (Wildman–Crippen MR) is 94.9 cm³/mol. The third-order valence-corrected chi connectivity index (χ3v) is 4.99. The molecule has 118 valence electrons. The fraction of sp³-hybridized carbons (Fsp3) is 0.294. The number of benzene rings is 1. The summed E-state index contributed by atoms with van der Waals surface area (Å²) >= 11 is 12.6. The van der Waals surface area contributed by atoms with Gasteiger partial charge in [-0.05, 0) is 38.0 Å². The molecule has 1 aliphatic rings. The molecule has 0 spiro atoms. The minimum absolute atomic E-state index is 0.490. The molecule has 6 heteroatoms. The van der Waals surface area contributed by atoms with Gasteiger partial charge in [0.25, 0.3) is 0 Å². The number of hydrogen-bond donors (Lipinski definition) is 0. The average molecular weight is 347 g/mol. The van der Waals surface area contributed by atoms with Crippen molar-refractivity contribution < 1.29 is 0 Å². The van der Waals surface area contributed by atoms with Gasteiger partial charge in [-0.1, -0.05) is 29.3 Å². The van der Waals surface area contributed by atoms with Gasteiger partial charge in [-0.25, -0.2) is 9.97 Å². The van der Waals surface area contributed by atoms with Crippen molar-refractivity contribution in [3.63, 3.8) is 0 Å². The monoisotopic (exact) mass is 346 g/mol. The van der Waals surface area contributed by atoms with E-state index in [4.69, 9.17) is 23.2 Å². The van der Waals surface area contributed by atoms with E-state index in [-0.39, 0.29) is 0 Å². The van der Waals surface area contributed by atoms with Crippen molar-refractivity contribution in [1.29, 1.82) is 0 Å². The molecule has 4 rings (SSSR count). The van der Waals surface area contributed by atoms with Crippen molar-refractivity contribution in [3.8, 4) is 5.69 Å². The van der Waals surface area contributed by atoms with Gasteiger partial charge in [-0.3, -0.25) is 4.57 Å². The number of hydrogen-bond acceptors (Lipinski definition) is 3. The SMILES string of the molecule is C[C@H]1CCCN1c1cn(-c2cccc(Cl)c2)c2ncnc(Cl)c12. The highest BCUT2D eigenvalue weighted by Gasteiger charge is 2.26. The Kier molecular flexibility index (Phi) is 3.66. The van der Waals surface area contributed by atoms with Crippen molar-refractivity contribution in [2.75, 3.05) is 11.4 Å². The van der Waals surface area contributed by atoms with Crippen molar-refractivity contribution in [3.05, 3.63) is 47.0 Å². The Hall–Kier alpha value is -1.78. The molecule has 1 aromatic carbocycles. The zero-order valence-corrected chi connectivity index (χ0v) is 14.2. The molecule has 0 amide bonds. The zero-order valence-electron chi connectivity index (χ0n) is 12.7. The van der Waals surface area contributed by atoms with Gasteiger partial charge in [-0.2, -0.15) is 0 Å². The van der Waals surface area contributed by atoms with Crippen molar-refractivity contribution in [2.45, 2.75) is 25.8 Å². The first-order chi connectivity index (χ1) is 11.1. The Morgan fingerprint density at radius 1 is 1.22 bits per heavy atom. The van der Waals surface area contributed by atoms with Crippen LogP contribution in [0.1, 0.15) is 19.8 Å². The molecular weight excluding hydrogens is 331 g/mol. The maximum absolute atomic E-state index is 6.40. The van der Waals surface area contributed by atoms with E-state index in [1.54, 1.807) is 0 Å². The largest absolute Gasteiger partial charge is 0.367 e. The van der Waals surface area contributed by atoms with E-state index >= 15 is 0 Å². The van der Waals surface area contributed by atoms with Crippen molar-refractivity contribution in [2.24, 2.45) is 0 Å². The Morgan fingerprint density at radius 3 is 2.83 bits per heavy atom. The van der Waals surface area contributed by atoms with E-state index in [2.05, 4.69) is 28.0 Å². The fourth-order valence-electron chi connectivity index (χ4n) is 3.34. The third kappa shape index (κ3) is 2.46. The zero-order chi connectivity index (χ0) is 16.0. The predicted octanol–water partition coefficient (Wildman–Crippen LogP) is 4.72. The van der Waals surface area contributed by atoms with Gasteiger partial charge >= 0.3 is 0 Å². The highest BCUT2D eigenvalue weighted by Crippen LogP contribution is 2.37. The summed E-state index contributed by atoms with van der Waals surface area (Å²) in [6.07, 6.45) is 5.98. The van der Waals surface area contributed by atoms with Crippen LogP contribution < -0.4 is 4.90 Å². The normalized spacial score (nSPS) is 18.0. The summed E-state index contributed by atoms with van der Waals surface area (Å²) in [5, 5.41) is 2.09. The molecule has 3 heterocycles. The van der Waals surface area contributed by atoms with Gasteiger partial charge in [0, 0.05) is 29.5 Å². The lowest BCUT2D eigenvalue weighted by molar-refractivity contribution is 0.736. The van der Waals surface area contributed by atoms with E-state index in [1.165, 1.54) is 19.2 Å². The molecule has 4 nitrogen and oxygen atoms in total.